The Kier molecular flexibility index (Phi) is 5.49. The van der Waals surface area contributed by atoms with Gasteiger partial charge in [0, 0.05) is 5.56 Å². The number of halogens is 1. The molecule has 3 aromatic rings. The van der Waals surface area contributed by atoms with Crippen LogP contribution in [0.3, 0.4) is 0 Å². The number of aryl methyl sites for hydroxylation is 2. The Labute approximate surface area is 153 Å². The first-order valence-electron chi connectivity index (χ1n) is 8.86. The smallest absolute Gasteiger partial charge is 0.131 e. The SMILES string of the molecule is CCCc1ccc(-c2ccc(-c3ccc([Si])cc3CC)cc2F)cc1. The lowest BCUT2D eigenvalue weighted by Crippen LogP contribution is -2.04. The van der Waals surface area contributed by atoms with E-state index in [1.807, 2.05) is 30.3 Å². The molecule has 0 amide bonds. The zero-order valence-corrected chi connectivity index (χ0v) is 15.8. The fourth-order valence-electron chi connectivity index (χ4n) is 3.22. The van der Waals surface area contributed by atoms with Crippen molar-refractivity contribution in [2.45, 2.75) is 33.1 Å². The highest BCUT2D eigenvalue weighted by atomic mass is 28.1. The number of rotatable bonds is 5. The lowest BCUT2D eigenvalue weighted by molar-refractivity contribution is 0.632. The van der Waals surface area contributed by atoms with Gasteiger partial charge in [0.15, 0.2) is 0 Å². The van der Waals surface area contributed by atoms with Crippen LogP contribution in [0.2, 0.25) is 0 Å². The van der Waals surface area contributed by atoms with Gasteiger partial charge >= 0.3 is 0 Å². The van der Waals surface area contributed by atoms with E-state index < -0.39 is 0 Å². The molecular formula is C23H22FSi. The van der Waals surface area contributed by atoms with Crippen molar-refractivity contribution in [1.29, 1.82) is 0 Å². The second-order valence-electron chi connectivity index (χ2n) is 6.37. The Morgan fingerprint density at radius 1 is 0.800 bits per heavy atom. The maximum absolute atomic E-state index is 14.8. The van der Waals surface area contributed by atoms with Crippen molar-refractivity contribution in [3.63, 3.8) is 0 Å². The molecule has 0 unspecified atom stereocenters. The van der Waals surface area contributed by atoms with E-state index in [0.717, 1.165) is 41.1 Å². The first-order valence-corrected chi connectivity index (χ1v) is 9.36. The molecule has 125 valence electrons. The van der Waals surface area contributed by atoms with Gasteiger partial charge in [0.05, 0.1) is 10.2 Å². The zero-order valence-electron chi connectivity index (χ0n) is 14.8. The van der Waals surface area contributed by atoms with Crippen LogP contribution in [-0.2, 0) is 12.8 Å². The fourth-order valence-corrected chi connectivity index (χ4v) is 3.48. The number of hydrogen-bond acceptors (Lipinski definition) is 0. The molecule has 3 aromatic carbocycles. The summed E-state index contributed by atoms with van der Waals surface area (Å²) in [6.07, 6.45) is 3.09. The van der Waals surface area contributed by atoms with Crippen LogP contribution in [0.4, 0.5) is 4.39 Å². The van der Waals surface area contributed by atoms with E-state index in [1.54, 1.807) is 6.07 Å². The minimum absolute atomic E-state index is 0.176. The van der Waals surface area contributed by atoms with Crippen molar-refractivity contribution in [3.8, 4) is 22.3 Å². The molecule has 2 heteroatoms. The minimum atomic E-state index is -0.176. The van der Waals surface area contributed by atoms with Crippen LogP contribution < -0.4 is 5.19 Å². The molecule has 0 bridgehead atoms. The third-order valence-electron chi connectivity index (χ3n) is 4.57. The average Bonchev–Trinajstić information content (AvgIpc) is 2.62. The van der Waals surface area contributed by atoms with Gasteiger partial charge in [-0.1, -0.05) is 80.1 Å². The minimum Gasteiger partial charge on any atom is -0.206 e. The summed E-state index contributed by atoms with van der Waals surface area (Å²) in [6.45, 7) is 4.28. The van der Waals surface area contributed by atoms with Crippen molar-refractivity contribution in [1.82, 2.24) is 0 Å². The molecule has 0 spiro atoms. The first kappa shape index (κ1) is 17.6. The van der Waals surface area contributed by atoms with Crippen LogP contribution in [0.1, 0.15) is 31.4 Å². The van der Waals surface area contributed by atoms with Crippen molar-refractivity contribution in [3.05, 3.63) is 77.6 Å². The van der Waals surface area contributed by atoms with Crippen LogP contribution in [0, 0.1) is 5.82 Å². The average molecular weight is 346 g/mol. The van der Waals surface area contributed by atoms with Gasteiger partial charge in [0.1, 0.15) is 5.82 Å². The van der Waals surface area contributed by atoms with E-state index in [1.165, 1.54) is 11.1 Å². The highest BCUT2D eigenvalue weighted by Crippen LogP contribution is 2.30. The fraction of sp³-hybridized carbons (Fsp3) is 0.217. The molecule has 0 aliphatic rings. The Morgan fingerprint density at radius 2 is 1.48 bits per heavy atom. The van der Waals surface area contributed by atoms with Crippen molar-refractivity contribution < 1.29 is 4.39 Å². The highest BCUT2D eigenvalue weighted by Gasteiger charge is 2.10. The second-order valence-corrected chi connectivity index (χ2v) is 6.94. The molecule has 0 nitrogen and oxygen atoms in total. The summed E-state index contributed by atoms with van der Waals surface area (Å²) in [4.78, 5) is 0. The first-order chi connectivity index (χ1) is 12.1. The number of hydrogen-bond donors (Lipinski definition) is 0. The lowest BCUT2D eigenvalue weighted by Gasteiger charge is -2.12. The zero-order chi connectivity index (χ0) is 17.8. The maximum atomic E-state index is 14.8. The van der Waals surface area contributed by atoms with Crippen molar-refractivity contribution in [2.24, 2.45) is 0 Å². The molecule has 0 N–H and O–H groups in total. The van der Waals surface area contributed by atoms with Crippen LogP contribution in [-0.4, -0.2) is 10.2 Å². The maximum Gasteiger partial charge on any atom is 0.131 e. The van der Waals surface area contributed by atoms with Gasteiger partial charge in [0.25, 0.3) is 0 Å². The standard InChI is InChI=1S/C23H22FSi/c1-3-5-16-6-8-18(9-7-16)22-12-10-19(15-23(22)24)21-13-11-20(25)14-17(21)4-2/h6-15H,3-5H2,1-2H3. The van der Waals surface area contributed by atoms with Crippen molar-refractivity contribution in [2.75, 3.05) is 0 Å². The van der Waals surface area contributed by atoms with Gasteiger partial charge in [-0.25, -0.2) is 4.39 Å². The normalized spacial score (nSPS) is 10.9. The van der Waals surface area contributed by atoms with Crippen molar-refractivity contribution >= 4 is 15.4 Å². The van der Waals surface area contributed by atoms with E-state index in [0.29, 0.717) is 5.56 Å². The van der Waals surface area contributed by atoms with E-state index in [9.17, 15) is 4.39 Å². The Hall–Kier alpha value is -2.19. The van der Waals surface area contributed by atoms with E-state index >= 15 is 0 Å². The molecule has 3 rings (SSSR count). The van der Waals surface area contributed by atoms with E-state index in [4.69, 9.17) is 0 Å². The largest absolute Gasteiger partial charge is 0.206 e. The Balaban J connectivity index is 1.96. The summed E-state index contributed by atoms with van der Waals surface area (Å²) < 4.78 is 14.8. The van der Waals surface area contributed by atoms with Gasteiger partial charge in [-0.05, 0) is 46.7 Å². The van der Waals surface area contributed by atoms with Crippen LogP contribution in [0.25, 0.3) is 22.3 Å². The van der Waals surface area contributed by atoms with Crippen LogP contribution in [0.15, 0.2) is 60.7 Å². The van der Waals surface area contributed by atoms with Gasteiger partial charge in [-0.2, -0.15) is 0 Å². The molecule has 0 saturated heterocycles. The molecule has 0 saturated carbocycles. The van der Waals surface area contributed by atoms with Crippen LogP contribution >= 0.6 is 0 Å². The van der Waals surface area contributed by atoms with Gasteiger partial charge < -0.3 is 0 Å². The summed E-state index contributed by atoms with van der Waals surface area (Å²) in [5, 5.41) is 1.05. The number of benzene rings is 3. The van der Waals surface area contributed by atoms with Crippen LogP contribution in [0.5, 0.6) is 0 Å². The Morgan fingerprint density at radius 3 is 2.12 bits per heavy atom. The van der Waals surface area contributed by atoms with Gasteiger partial charge in [-0.3, -0.25) is 0 Å². The predicted molar refractivity (Wildman–Crippen MR) is 106 cm³/mol. The molecule has 0 atom stereocenters. The second kappa shape index (κ2) is 7.79. The third kappa shape index (κ3) is 3.90. The topological polar surface area (TPSA) is 0 Å². The summed E-state index contributed by atoms with van der Waals surface area (Å²) in [5.41, 5.74) is 6.10. The summed E-state index contributed by atoms with van der Waals surface area (Å²) >= 11 is 0. The third-order valence-corrected chi connectivity index (χ3v) is 4.88. The highest BCUT2D eigenvalue weighted by molar-refractivity contribution is 6.32. The lowest BCUT2D eigenvalue weighted by atomic mass is 9.95. The van der Waals surface area contributed by atoms with Gasteiger partial charge in [0.2, 0.25) is 0 Å². The molecule has 0 aliphatic heterocycles. The summed E-state index contributed by atoms with van der Waals surface area (Å²) in [6, 6.07) is 19.9. The quantitative estimate of drug-likeness (QED) is 0.538. The molecule has 3 radical (unpaired) electrons. The van der Waals surface area contributed by atoms with E-state index in [2.05, 4.69) is 48.4 Å². The summed E-state index contributed by atoms with van der Waals surface area (Å²) in [5.74, 6) is -0.176. The predicted octanol–water partition coefficient (Wildman–Crippen LogP) is 5.47. The van der Waals surface area contributed by atoms with E-state index in [-0.39, 0.29) is 5.82 Å². The molecular weight excluding hydrogens is 323 g/mol. The van der Waals surface area contributed by atoms with Gasteiger partial charge in [-0.15, -0.1) is 0 Å². The summed E-state index contributed by atoms with van der Waals surface area (Å²) in [7, 11) is 3.56. The molecule has 0 fully saturated rings. The Bertz CT molecular complexity index is 866. The molecule has 0 heterocycles. The molecule has 0 aromatic heterocycles. The molecule has 0 aliphatic carbocycles. The monoisotopic (exact) mass is 345 g/mol. The molecule has 25 heavy (non-hydrogen) atoms.